The summed E-state index contributed by atoms with van der Waals surface area (Å²) < 4.78 is 28.2. The van der Waals surface area contributed by atoms with Gasteiger partial charge < -0.3 is 9.84 Å². The van der Waals surface area contributed by atoms with E-state index in [1.54, 1.807) is 6.92 Å². The van der Waals surface area contributed by atoms with E-state index in [9.17, 15) is 13.5 Å². The van der Waals surface area contributed by atoms with E-state index in [4.69, 9.17) is 4.74 Å². The topological polar surface area (TPSA) is 66.8 Å². The Morgan fingerprint density at radius 3 is 2.78 bits per heavy atom. The van der Waals surface area contributed by atoms with Crippen molar-refractivity contribution in [1.29, 1.82) is 0 Å². The molecule has 5 nitrogen and oxygen atoms in total. The summed E-state index contributed by atoms with van der Waals surface area (Å²) in [7, 11) is -2.92. The lowest BCUT2D eigenvalue weighted by molar-refractivity contribution is -0.0892. The molecule has 0 aromatic rings. The van der Waals surface area contributed by atoms with Gasteiger partial charge in [-0.25, -0.2) is 8.42 Å². The maximum Gasteiger partial charge on any atom is 0.150 e. The smallest absolute Gasteiger partial charge is 0.150 e. The fraction of sp³-hybridized carbons (Fsp3) is 1.00. The van der Waals surface area contributed by atoms with Crippen molar-refractivity contribution in [3.63, 3.8) is 0 Å². The van der Waals surface area contributed by atoms with Gasteiger partial charge in [0.15, 0.2) is 0 Å². The minimum absolute atomic E-state index is 0.158. The fourth-order valence-corrected chi connectivity index (χ4v) is 2.99. The first-order chi connectivity index (χ1) is 8.48. The summed E-state index contributed by atoms with van der Waals surface area (Å²) in [5.41, 5.74) is 0. The van der Waals surface area contributed by atoms with Crippen molar-refractivity contribution in [2.45, 2.75) is 38.9 Å². The number of ether oxygens (including phenoxy) is 1. The first kappa shape index (κ1) is 15.9. The molecule has 0 aliphatic carbocycles. The zero-order valence-electron chi connectivity index (χ0n) is 11.3. The van der Waals surface area contributed by atoms with Gasteiger partial charge in [0.1, 0.15) is 9.84 Å². The Morgan fingerprint density at radius 1 is 1.44 bits per heavy atom. The molecule has 0 saturated carbocycles. The van der Waals surface area contributed by atoms with Crippen molar-refractivity contribution in [2.24, 2.45) is 0 Å². The second kappa shape index (κ2) is 7.43. The van der Waals surface area contributed by atoms with Gasteiger partial charge in [-0.2, -0.15) is 0 Å². The van der Waals surface area contributed by atoms with Gasteiger partial charge in [-0.05, 0) is 19.4 Å². The summed E-state index contributed by atoms with van der Waals surface area (Å²) >= 11 is 0. The van der Waals surface area contributed by atoms with Gasteiger partial charge in [0.05, 0.1) is 24.6 Å². The Bertz CT molecular complexity index is 331. The second-order valence-electron chi connectivity index (χ2n) is 4.75. The highest BCUT2D eigenvalue weighted by molar-refractivity contribution is 7.91. The van der Waals surface area contributed by atoms with E-state index in [-0.39, 0.29) is 17.6 Å². The summed E-state index contributed by atoms with van der Waals surface area (Å²) in [5.74, 6) is 0.331. The molecular weight excluding hydrogens is 254 g/mol. The van der Waals surface area contributed by atoms with Crippen LogP contribution in [0.4, 0.5) is 0 Å². The molecule has 1 N–H and O–H groups in total. The van der Waals surface area contributed by atoms with E-state index >= 15 is 0 Å². The molecule has 0 bridgehead atoms. The molecule has 0 amide bonds. The number of morpholine rings is 1. The van der Waals surface area contributed by atoms with Gasteiger partial charge in [0, 0.05) is 18.8 Å². The van der Waals surface area contributed by atoms with Crippen molar-refractivity contribution in [3.8, 4) is 0 Å². The summed E-state index contributed by atoms with van der Waals surface area (Å²) in [6, 6.07) is 0. The number of likely N-dealkylation sites (N-methyl/N-ethyl adjacent to an activating group) is 1. The van der Waals surface area contributed by atoms with Gasteiger partial charge in [0.25, 0.3) is 0 Å². The molecule has 1 aliphatic heterocycles. The molecule has 2 unspecified atom stereocenters. The predicted molar refractivity (Wildman–Crippen MR) is 71.4 cm³/mol. The zero-order chi connectivity index (χ0) is 13.6. The lowest BCUT2D eigenvalue weighted by atomic mass is 10.1. The van der Waals surface area contributed by atoms with Crippen molar-refractivity contribution in [3.05, 3.63) is 0 Å². The molecule has 0 radical (unpaired) electrons. The summed E-state index contributed by atoms with van der Waals surface area (Å²) in [4.78, 5) is 2.24. The summed E-state index contributed by atoms with van der Waals surface area (Å²) in [6.07, 6.45) is 0.250. The summed E-state index contributed by atoms with van der Waals surface area (Å²) in [5, 5.41) is 10.0. The van der Waals surface area contributed by atoms with Gasteiger partial charge >= 0.3 is 0 Å². The van der Waals surface area contributed by atoms with E-state index in [0.29, 0.717) is 19.4 Å². The Morgan fingerprint density at radius 2 is 2.17 bits per heavy atom. The lowest BCUT2D eigenvalue weighted by Gasteiger charge is -2.34. The number of hydrogen-bond donors (Lipinski definition) is 1. The maximum atomic E-state index is 11.3. The van der Waals surface area contributed by atoms with Gasteiger partial charge in [0.2, 0.25) is 0 Å². The third-order valence-corrected chi connectivity index (χ3v) is 5.24. The average molecular weight is 279 g/mol. The largest absolute Gasteiger partial charge is 0.390 e. The molecule has 1 heterocycles. The standard InChI is InChI=1S/C12H25NO4S/c1-3-13-7-8-17-12(10-13)11(14)6-5-9-18(15,16)4-2/h11-12,14H,3-10H2,1-2H3. The van der Waals surface area contributed by atoms with Crippen LogP contribution in [0.1, 0.15) is 26.7 Å². The molecule has 0 aromatic carbocycles. The molecule has 0 aromatic heterocycles. The van der Waals surface area contributed by atoms with Crippen LogP contribution >= 0.6 is 0 Å². The Balaban J connectivity index is 2.30. The molecule has 18 heavy (non-hydrogen) atoms. The van der Waals surface area contributed by atoms with Gasteiger partial charge in [-0.3, -0.25) is 4.90 Å². The quantitative estimate of drug-likeness (QED) is 0.725. The van der Waals surface area contributed by atoms with Crippen LogP contribution in [0.2, 0.25) is 0 Å². The average Bonchev–Trinajstić information content (AvgIpc) is 2.38. The van der Waals surface area contributed by atoms with E-state index in [0.717, 1.165) is 19.6 Å². The van der Waals surface area contributed by atoms with Crippen LogP contribution < -0.4 is 0 Å². The molecule has 1 rings (SSSR count). The van der Waals surface area contributed by atoms with Crippen LogP contribution in [-0.2, 0) is 14.6 Å². The predicted octanol–water partition coefficient (Wildman–Crippen LogP) is 0.283. The monoisotopic (exact) mass is 279 g/mol. The van der Waals surface area contributed by atoms with Crippen LogP contribution in [-0.4, -0.2) is 68.4 Å². The Hall–Kier alpha value is -0.170. The van der Waals surface area contributed by atoms with Crippen LogP contribution in [0.25, 0.3) is 0 Å². The number of nitrogens with zero attached hydrogens (tertiary/aromatic N) is 1. The second-order valence-corrected chi connectivity index (χ2v) is 7.22. The lowest BCUT2D eigenvalue weighted by Crippen LogP contribution is -2.47. The van der Waals surface area contributed by atoms with Crippen molar-refractivity contribution in [2.75, 3.05) is 37.7 Å². The van der Waals surface area contributed by atoms with Crippen molar-refractivity contribution >= 4 is 9.84 Å². The molecule has 1 saturated heterocycles. The van der Waals surface area contributed by atoms with Crippen LogP contribution in [0.15, 0.2) is 0 Å². The third-order valence-electron chi connectivity index (χ3n) is 3.45. The number of rotatable bonds is 7. The molecule has 1 aliphatic rings. The third kappa shape index (κ3) is 5.22. The molecule has 6 heteroatoms. The molecule has 2 atom stereocenters. The molecule has 1 fully saturated rings. The van der Waals surface area contributed by atoms with E-state index in [1.807, 2.05) is 0 Å². The van der Waals surface area contributed by atoms with E-state index < -0.39 is 15.9 Å². The van der Waals surface area contributed by atoms with Gasteiger partial charge in [-0.1, -0.05) is 13.8 Å². The molecule has 108 valence electrons. The van der Waals surface area contributed by atoms with Crippen LogP contribution in [0, 0.1) is 0 Å². The highest BCUT2D eigenvalue weighted by atomic mass is 32.2. The van der Waals surface area contributed by atoms with Crippen LogP contribution in [0.3, 0.4) is 0 Å². The zero-order valence-corrected chi connectivity index (χ0v) is 12.2. The van der Waals surface area contributed by atoms with Crippen molar-refractivity contribution < 1.29 is 18.3 Å². The first-order valence-electron chi connectivity index (χ1n) is 6.71. The van der Waals surface area contributed by atoms with E-state index in [2.05, 4.69) is 11.8 Å². The highest BCUT2D eigenvalue weighted by Gasteiger charge is 2.26. The highest BCUT2D eigenvalue weighted by Crippen LogP contribution is 2.13. The molecular formula is C12H25NO4S. The minimum Gasteiger partial charge on any atom is -0.390 e. The van der Waals surface area contributed by atoms with E-state index in [1.165, 1.54) is 0 Å². The number of sulfone groups is 1. The normalized spacial score (nSPS) is 24.1. The number of aliphatic hydroxyl groups excluding tert-OH is 1. The van der Waals surface area contributed by atoms with Crippen molar-refractivity contribution in [1.82, 2.24) is 4.90 Å². The summed E-state index contributed by atoms with van der Waals surface area (Å²) in [6.45, 7) is 6.97. The van der Waals surface area contributed by atoms with Crippen LogP contribution in [0.5, 0.6) is 0 Å². The maximum absolute atomic E-state index is 11.3. The van der Waals surface area contributed by atoms with Gasteiger partial charge in [-0.15, -0.1) is 0 Å². The first-order valence-corrected chi connectivity index (χ1v) is 8.53. The number of aliphatic hydroxyl groups is 1. The Kier molecular flexibility index (Phi) is 6.55. The fourth-order valence-electron chi connectivity index (χ4n) is 2.09. The molecule has 0 spiro atoms. The SMILES string of the molecule is CCN1CCOC(C(O)CCCS(=O)(=O)CC)C1. The Labute approximate surface area is 110 Å². The number of hydrogen-bond acceptors (Lipinski definition) is 5. The minimum atomic E-state index is -2.92.